The molecule has 0 heterocycles. The summed E-state index contributed by atoms with van der Waals surface area (Å²) in [5, 5.41) is 8.91. The van der Waals surface area contributed by atoms with Gasteiger partial charge in [0.1, 0.15) is 0 Å². The van der Waals surface area contributed by atoms with Gasteiger partial charge in [0.15, 0.2) is 0 Å². The molecule has 0 aliphatic heterocycles. The van der Waals surface area contributed by atoms with Crippen LogP contribution in [0.2, 0.25) is 0 Å². The number of benzene rings is 2. The quantitative estimate of drug-likeness (QED) is 0.326. The van der Waals surface area contributed by atoms with Crippen LogP contribution in [0.4, 0.5) is 11.4 Å². The molecule has 0 fully saturated rings. The zero-order valence-corrected chi connectivity index (χ0v) is 15.1. The molecule has 2 rings (SSSR count). The van der Waals surface area contributed by atoms with Crippen molar-refractivity contribution in [3.05, 3.63) is 54.1 Å². The van der Waals surface area contributed by atoms with Gasteiger partial charge in [0, 0.05) is 23.2 Å². The highest BCUT2D eigenvalue weighted by molar-refractivity contribution is 7.98. The van der Waals surface area contributed by atoms with E-state index < -0.39 is 11.8 Å². The van der Waals surface area contributed by atoms with Crippen LogP contribution in [0.5, 0.6) is 0 Å². The molecule has 3 amide bonds. The van der Waals surface area contributed by atoms with E-state index in [4.69, 9.17) is 0 Å². The van der Waals surface area contributed by atoms with Gasteiger partial charge in [0.05, 0.1) is 6.21 Å². The Hall–Kier alpha value is -3.13. The maximum Gasteiger partial charge on any atom is 0.329 e. The van der Waals surface area contributed by atoms with E-state index in [1.54, 1.807) is 42.5 Å². The normalized spacial score (nSPS) is 10.4. The minimum Gasteiger partial charge on any atom is -0.326 e. The first kappa shape index (κ1) is 19.2. The lowest BCUT2D eigenvalue weighted by molar-refractivity contribution is -0.136. The summed E-state index contributed by atoms with van der Waals surface area (Å²) < 4.78 is 0. The Morgan fingerprint density at radius 1 is 0.962 bits per heavy atom. The molecule has 134 valence electrons. The lowest BCUT2D eigenvalue weighted by Crippen LogP contribution is -2.32. The molecule has 0 aliphatic carbocycles. The number of anilines is 2. The Labute approximate surface area is 155 Å². The second-order valence-corrected chi connectivity index (χ2v) is 6.07. The SMILES string of the molecule is CSc1cccc(NC(=O)C(=O)NN=Cc2ccc(NC(C)=O)cc2)c1. The molecule has 0 unspecified atom stereocenters. The molecule has 8 heteroatoms. The van der Waals surface area contributed by atoms with Gasteiger partial charge in [0.25, 0.3) is 0 Å². The van der Waals surface area contributed by atoms with Crippen molar-refractivity contribution in [3.8, 4) is 0 Å². The molecule has 0 spiro atoms. The number of nitrogens with zero attached hydrogens (tertiary/aromatic N) is 1. The van der Waals surface area contributed by atoms with Gasteiger partial charge in [-0.05, 0) is 42.2 Å². The summed E-state index contributed by atoms with van der Waals surface area (Å²) in [7, 11) is 0. The van der Waals surface area contributed by atoms with Crippen molar-refractivity contribution >= 4 is 47.1 Å². The van der Waals surface area contributed by atoms with Crippen LogP contribution < -0.4 is 16.1 Å². The molecule has 0 radical (unpaired) electrons. The number of carbonyl (C=O) groups excluding carboxylic acids is 3. The topological polar surface area (TPSA) is 99.7 Å². The Balaban J connectivity index is 1.87. The molecular weight excluding hydrogens is 352 g/mol. The third-order valence-electron chi connectivity index (χ3n) is 3.14. The van der Waals surface area contributed by atoms with Crippen LogP contribution >= 0.6 is 11.8 Å². The number of rotatable bonds is 5. The summed E-state index contributed by atoms with van der Waals surface area (Å²) in [4.78, 5) is 35.6. The zero-order chi connectivity index (χ0) is 18.9. The fourth-order valence-electron chi connectivity index (χ4n) is 1.96. The van der Waals surface area contributed by atoms with E-state index in [1.165, 1.54) is 24.9 Å². The molecule has 7 nitrogen and oxygen atoms in total. The zero-order valence-electron chi connectivity index (χ0n) is 14.3. The number of thioether (sulfide) groups is 1. The molecular formula is C18H18N4O3S. The molecule has 26 heavy (non-hydrogen) atoms. The third kappa shape index (κ3) is 6.06. The summed E-state index contributed by atoms with van der Waals surface area (Å²) in [6.07, 6.45) is 3.32. The van der Waals surface area contributed by atoms with Gasteiger partial charge in [-0.2, -0.15) is 5.10 Å². The molecule has 0 aliphatic rings. The number of hydrogen-bond acceptors (Lipinski definition) is 5. The number of hydrazone groups is 1. The van der Waals surface area contributed by atoms with Gasteiger partial charge in [0.2, 0.25) is 5.91 Å². The van der Waals surface area contributed by atoms with Gasteiger partial charge in [-0.25, -0.2) is 5.43 Å². The van der Waals surface area contributed by atoms with Crippen molar-refractivity contribution in [3.63, 3.8) is 0 Å². The van der Waals surface area contributed by atoms with E-state index in [0.717, 1.165) is 4.90 Å². The van der Waals surface area contributed by atoms with Crippen LogP contribution in [0.1, 0.15) is 12.5 Å². The Kier molecular flexibility index (Phi) is 6.92. The highest BCUT2D eigenvalue weighted by atomic mass is 32.2. The Bertz CT molecular complexity index is 835. The fourth-order valence-corrected chi connectivity index (χ4v) is 2.42. The summed E-state index contributed by atoms with van der Waals surface area (Å²) in [5.41, 5.74) is 4.07. The highest BCUT2D eigenvalue weighted by Crippen LogP contribution is 2.18. The standard InChI is InChI=1S/C18H18N4O3S/c1-12(23)20-14-8-6-13(7-9-14)11-19-22-18(25)17(24)21-15-4-3-5-16(10-15)26-2/h3-11H,1-2H3,(H,20,23)(H,21,24)(H,22,25). The summed E-state index contributed by atoms with van der Waals surface area (Å²) in [6, 6.07) is 14.0. The van der Waals surface area contributed by atoms with E-state index in [0.29, 0.717) is 16.9 Å². The molecule has 0 aromatic heterocycles. The van der Waals surface area contributed by atoms with E-state index in [9.17, 15) is 14.4 Å². The van der Waals surface area contributed by atoms with Crippen LogP contribution in [-0.4, -0.2) is 30.2 Å². The van der Waals surface area contributed by atoms with Crippen LogP contribution in [0.3, 0.4) is 0 Å². The summed E-state index contributed by atoms with van der Waals surface area (Å²) in [6.45, 7) is 1.42. The first-order valence-corrected chi connectivity index (χ1v) is 8.86. The minimum atomic E-state index is -0.870. The molecule has 0 saturated carbocycles. The van der Waals surface area contributed by atoms with E-state index in [1.807, 2.05) is 12.3 Å². The predicted octanol–water partition coefficient (Wildman–Crippen LogP) is 2.46. The van der Waals surface area contributed by atoms with Gasteiger partial charge in [-0.15, -0.1) is 11.8 Å². The molecule has 2 aromatic rings. The summed E-state index contributed by atoms with van der Waals surface area (Å²) in [5.74, 6) is -1.83. The van der Waals surface area contributed by atoms with E-state index >= 15 is 0 Å². The average molecular weight is 370 g/mol. The molecule has 3 N–H and O–H groups in total. The number of amides is 3. The van der Waals surface area contributed by atoms with Crippen LogP contribution in [0.15, 0.2) is 58.5 Å². The Morgan fingerprint density at radius 3 is 2.35 bits per heavy atom. The van der Waals surface area contributed by atoms with Crippen LogP contribution in [0.25, 0.3) is 0 Å². The molecule has 2 aromatic carbocycles. The van der Waals surface area contributed by atoms with Crippen LogP contribution in [0, 0.1) is 0 Å². The lowest BCUT2D eigenvalue weighted by Gasteiger charge is -2.05. The maximum atomic E-state index is 11.9. The average Bonchev–Trinajstić information content (AvgIpc) is 2.62. The highest BCUT2D eigenvalue weighted by Gasteiger charge is 2.12. The van der Waals surface area contributed by atoms with Gasteiger partial charge in [-0.1, -0.05) is 18.2 Å². The second kappa shape index (κ2) is 9.38. The number of carbonyl (C=O) groups is 3. The van der Waals surface area contributed by atoms with Crippen molar-refractivity contribution in [2.24, 2.45) is 5.10 Å². The molecule has 0 atom stereocenters. The minimum absolute atomic E-state index is 0.159. The fraction of sp³-hybridized carbons (Fsp3) is 0.111. The van der Waals surface area contributed by atoms with Crippen molar-refractivity contribution in [1.29, 1.82) is 0 Å². The van der Waals surface area contributed by atoms with Crippen LogP contribution in [-0.2, 0) is 14.4 Å². The second-order valence-electron chi connectivity index (χ2n) is 5.19. The smallest absolute Gasteiger partial charge is 0.326 e. The first-order valence-electron chi connectivity index (χ1n) is 7.64. The first-order chi connectivity index (χ1) is 12.5. The lowest BCUT2D eigenvalue weighted by atomic mass is 10.2. The largest absolute Gasteiger partial charge is 0.329 e. The monoisotopic (exact) mass is 370 g/mol. The van der Waals surface area contributed by atoms with Crippen molar-refractivity contribution in [2.75, 3.05) is 16.9 Å². The van der Waals surface area contributed by atoms with Gasteiger partial charge in [-0.3, -0.25) is 14.4 Å². The summed E-state index contributed by atoms with van der Waals surface area (Å²) >= 11 is 1.54. The maximum absolute atomic E-state index is 11.9. The van der Waals surface area contributed by atoms with Gasteiger partial charge >= 0.3 is 11.8 Å². The van der Waals surface area contributed by atoms with Crippen molar-refractivity contribution in [1.82, 2.24) is 5.43 Å². The molecule has 0 saturated heterocycles. The number of nitrogens with one attached hydrogen (secondary N) is 3. The number of hydrogen-bond donors (Lipinski definition) is 3. The van der Waals surface area contributed by atoms with E-state index in [-0.39, 0.29) is 5.91 Å². The van der Waals surface area contributed by atoms with E-state index in [2.05, 4.69) is 21.2 Å². The predicted molar refractivity (Wildman–Crippen MR) is 103 cm³/mol. The van der Waals surface area contributed by atoms with Gasteiger partial charge < -0.3 is 10.6 Å². The third-order valence-corrected chi connectivity index (χ3v) is 3.87. The Morgan fingerprint density at radius 2 is 1.69 bits per heavy atom. The van der Waals surface area contributed by atoms with Crippen molar-refractivity contribution < 1.29 is 14.4 Å². The van der Waals surface area contributed by atoms with Crippen molar-refractivity contribution in [2.45, 2.75) is 11.8 Å². The molecule has 0 bridgehead atoms.